The first-order chi connectivity index (χ1) is 10.1. The van der Waals surface area contributed by atoms with Crippen molar-refractivity contribution in [3.8, 4) is 22.9 Å². The molecule has 0 radical (unpaired) electrons. The predicted octanol–water partition coefficient (Wildman–Crippen LogP) is 4.26. The first kappa shape index (κ1) is 13.5. The molecule has 2 aromatic carbocycles. The van der Waals surface area contributed by atoms with Crippen LogP contribution in [0.15, 0.2) is 52.9 Å². The number of benzene rings is 2. The molecule has 0 fully saturated rings. The zero-order valence-electron chi connectivity index (χ0n) is 11.2. The summed E-state index contributed by atoms with van der Waals surface area (Å²) in [4.78, 5) is 11.3. The summed E-state index contributed by atoms with van der Waals surface area (Å²) in [6.45, 7) is 1.53. The van der Waals surface area contributed by atoms with Crippen molar-refractivity contribution in [1.82, 2.24) is 10.2 Å². The standard InChI is InChI=1S/C16H11ClN2O2/c1-10(20)11-6-8-12(9-7-11)15-18-19-16(21-15)13-4-2-3-5-14(13)17/h2-9H,1H3. The predicted molar refractivity (Wildman–Crippen MR) is 80.2 cm³/mol. The number of carbonyl (C=O) groups excluding carboxylic acids is 1. The van der Waals surface area contributed by atoms with Gasteiger partial charge in [-0.3, -0.25) is 4.79 Å². The van der Waals surface area contributed by atoms with Gasteiger partial charge in [-0.05, 0) is 31.2 Å². The number of carbonyl (C=O) groups is 1. The Morgan fingerprint density at radius 2 is 1.67 bits per heavy atom. The van der Waals surface area contributed by atoms with Crippen LogP contribution in [0.3, 0.4) is 0 Å². The lowest BCUT2D eigenvalue weighted by atomic mass is 10.1. The number of Topliss-reactive ketones (excluding diaryl/α,β-unsaturated/α-hetero) is 1. The van der Waals surface area contributed by atoms with E-state index >= 15 is 0 Å². The highest BCUT2D eigenvalue weighted by molar-refractivity contribution is 6.33. The van der Waals surface area contributed by atoms with Gasteiger partial charge >= 0.3 is 0 Å². The van der Waals surface area contributed by atoms with Gasteiger partial charge in [-0.2, -0.15) is 0 Å². The maximum Gasteiger partial charge on any atom is 0.249 e. The summed E-state index contributed by atoms with van der Waals surface area (Å²) in [6, 6.07) is 14.3. The molecular weight excluding hydrogens is 288 g/mol. The van der Waals surface area contributed by atoms with Gasteiger partial charge in [0.1, 0.15) is 0 Å². The molecule has 5 heteroatoms. The minimum Gasteiger partial charge on any atom is -0.416 e. The molecular formula is C16H11ClN2O2. The van der Waals surface area contributed by atoms with Crippen LogP contribution < -0.4 is 0 Å². The van der Waals surface area contributed by atoms with Gasteiger partial charge in [0.2, 0.25) is 11.8 Å². The maximum absolute atomic E-state index is 11.3. The number of rotatable bonds is 3. The molecule has 0 unspecified atom stereocenters. The quantitative estimate of drug-likeness (QED) is 0.678. The van der Waals surface area contributed by atoms with Gasteiger partial charge in [-0.1, -0.05) is 35.9 Å². The number of nitrogens with zero attached hydrogens (tertiary/aromatic N) is 2. The van der Waals surface area contributed by atoms with Crippen LogP contribution in [0.4, 0.5) is 0 Å². The Bertz CT molecular complexity index is 794. The Hall–Kier alpha value is -2.46. The van der Waals surface area contributed by atoms with Crippen molar-refractivity contribution < 1.29 is 9.21 Å². The summed E-state index contributed by atoms with van der Waals surface area (Å²) < 4.78 is 5.65. The molecule has 0 bridgehead atoms. The van der Waals surface area contributed by atoms with Gasteiger partial charge in [0.15, 0.2) is 5.78 Å². The van der Waals surface area contributed by atoms with E-state index in [9.17, 15) is 4.79 Å². The molecule has 4 nitrogen and oxygen atoms in total. The lowest BCUT2D eigenvalue weighted by Gasteiger charge is -1.98. The number of aromatic nitrogens is 2. The Kier molecular flexibility index (Phi) is 3.54. The van der Waals surface area contributed by atoms with Crippen molar-refractivity contribution in [3.63, 3.8) is 0 Å². The molecule has 3 aromatic rings. The first-order valence-electron chi connectivity index (χ1n) is 6.35. The topological polar surface area (TPSA) is 56.0 Å². The number of hydrogen-bond donors (Lipinski definition) is 0. The summed E-state index contributed by atoms with van der Waals surface area (Å²) in [6.07, 6.45) is 0. The number of hydrogen-bond acceptors (Lipinski definition) is 4. The van der Waals surface area contributed by atoms with Gasteiger partial charge < -0.3 is 4.42 Å². The molecule has 0 saturated carbocycles. The van der Waals surface area contributed by atoms with Crippen molar-refractivity contribution in [1.29, 1.82) is 0 Å². The van der Waals surface area contributed by atoms with Gasteiger partial charge in [0, 0.05) is 11.1 Å². The van der Waals surface area contributed by atoms with Crippen molar-refractivity contribution in [2.75, 3.05) is 0 Å². The molecule has 3 rings (SSSR count). The molecule has 21 heavy (non-hydrogen) atoms. The van der Waals surface area contributed by atoms with Crippen LogP contribution in [0.1, 0.15) is 17.3 Å². The highest BCUT2D eigenvalue weighted by Crippen LogP contribution is 2.29. The third kappa shape index (κ3) is 2.71. The van der Waals surface area contributed by atoms with Crippen LogP contribution in [0, 0.1) is 0 Å². The molecule has 1 heterocycles. The van der Waals surface area contributed by atoms with E-state index in [1.807, 2.05) is 18.2 Å². The zero-order valence-corrected chi connectivity index (χ0v) is 12.0. The van der Waals surface area contributed by atoms with Crippen LogP contribution >= 0.6 is 11.6 Å². The second-order valence-electron chi connectivity index (χ2n) is 4.53. The summed E-state index contributed by atoms with van der Waals surface area (Å²) in [5, 5.41) is 8.59. The van der Waals surface area contributed by atoms with Gasteiger partial charge in [-0.25, -0.2) is 0 Å². The molecule has 0 aliphatic rings. The van der Waals surface area contributed by atoms with Crippen molar-refractivity contribution in [3.05, 3.63) is 59.1 Å². The summed E-state index contributed by atoms with van der Waals surface area (Å²) in [5.41, 5.74) is 2.09. The van der Waals surface area contributed by atoms with E-state index in [2.05, 4.69) is 10.2 Å². The Labute approximate surface area is 126 Å². The van der Waals surface area contributed by atoms with E-state index in [0.717, 1.165) is 5.56 Å². The third-order valence-electron chi connectivity index (χ3n) is 3.07. The lowest BCUT2D eigenvalue weighted by Crippen LogP contribution is -1.90. The van der Waals surface area contributed by atoms with Gasteiger partial charge in [-0.15, -0.1) is 10.2 Å². The Morgan fingerprint density at radius 3 is 2.33 bits per heavy atom. The van der Waals surface area contributed by atoms with E-state index in [4.69, 9.17) is 16.0 Å². The molecule has 1 aromatic heterocycles. The second kappa shape index (κ2) is 5.50. The summed E-state index contributed by atoms with van der Waals surface area (Å²) in [7, 11) is 0. The van der Waals surface area contributed by atoms with Crippen molar-refractivity contribution >= 4 is 17.4 Å². The molecule has 0 atom stereocenters. The first-order valence-corrected chi connectivity index (χ1v) is 6.73. The van der Waals surface area contributed by atoms with Crippen LogP contribution in [-0.2, 0) is 0 Å². The lowest BCUT2D eigenvalue weighted by molar-refractivity contribution is 0.101. The van der Waals surface area contributed by atoms with E-state index in [0.29, 0.717) is 27.9 Å². The van der Waals surface area contributed by atoms with E-state index in [1.54, 1.807) is 30.3 Å². The van der Waals surface area contributed by atoms with Crippen LogP contribution in [0.2, 0.25) is 5.02 Å². The maximum atomic E-state index is 11.3. The Balaban J connectivity index is 1.95. The molecule has 0 N–H and O–H groups in total. The van der Waals surface area contributed by atoms with Crippen LogP contribution in [0.5, 0.6) is 0 Å². The fourth-order valence-electron chi connectivity index (χ4n) is 1.93. The highest BCUT2D eigenvalue weighted by Gasteiger charge is 2.13. The largest absolute Gasteiger partial charge is 0.416 e. The van der Waals surface area contributed by atoms with E-state index < -0.39 is 0 Å². The summed E-state index contributed by atoms with van der Waals surface area (Å²) in [5.74, 6) is 0.773. The third-order valence-corrected chi connectivity index (χ3v) is 3.40. The number of halogens is 1. The molecule has 0 saturated heterocycles. The number of ketones is 1. The normalized spacial score (nSPS) is 10.6. The molecule has 0 amide bonds. The summed E-state index contributed by atoms with van der Waals surface area (Å²) >= 11 is 6.10. The zero-order chi connectivity index (χ0) is 14.8. The molecule has 0 spiro atoms. The molecule has 104 valence electrons. The molecule has 0 aliphatic carbocycles. The highest BCUT2D eigenvalue weighted by atomic mass is 35.5. The molecule has 0 aliphatic heterocycles. The van der Waals surface area contributed by atoms with Gasteiger partial charge in [0.05, 0.1) is 10.6 Å². The van der Waals surface area contributed by atoms with Crippen molar-refractivity contribution in [2.24, 2.45) is 0 Å². The van der Waals surface area contributed by atoms with E-state index in [-0.39, 0.29) is 5.78 Å². The smallest absolute Gasteiger partial charge is 0.249 e. The van der Waals surface area contributed by atoms with Crippen LogP contribution in [0.25, 0.3) is 22.9 Å². The van der Waals surface area contributed by atoms with E-state index in [1.165, 1.54) is 6.92 Å². The SMILES string of the molecule is CC(=O)c1ccc(-c2nnc(-c3ccccc3Cl)o2)cc1. The second-order valence-corrected chi connectivity index (χ2v) is 4.93. The minimum atomic E-state index is 0.0174. The van der Waals surface area contributed by atoms with Crippen LogP contribution in [-0.4, -0.2) is 16.0 Å². The minimum absolute atomic E-state index is 0.0174. The van der Waals surface area contributed by atoms with Crippen molar-refractivity contribution in [2.45, 2.75) is 6.92 Å². The average molecular weight is 299 g/mol. The Morgan fingerprint density at radius 1 is 1.00 bits per heavy atom. The fourth-order valence-corrected chi connectivity index (χ4v) is 2.15. The average Bonchev–Trinajstić information content (AvgIpc) is 2.97. The monoisotopic (exact) mass is 298 g/mol. The fraction of sp³-hybridized carbons (Fsp3) is 0.0625. The van der Waals surface area contributed by atoms with Gasteiger partial charge in [0.25, 0.3) is 0 Å².